The number of nitrogens with one attached hydrogen (secondary N) is 4. The van der Waals surface area contributed by atoms with Crippen LogP contribution in [0.25, 0.3) is 22.3 Å². The summed E-state index contributed by atoms with van der Waals surface area (Å²) >= 11 is 6.66. The van der Waals surface area contributed by atoms with Crippen LogP contribution in [-0.2, 0) is 27.8 Å². The Hall–Kier alpha value is -12.0. The van der Waals surface area contributed by atoms with Crippen LogP contribution in [0, 0.1) is 27.7 Å². The number of rotatable bonds is 32. The minimum Gasteiger partial charge on any atom is -0.496 e. The maximum Gasteiger partial charge on any atom is 0.411 e. The Bertz CT molecular complexity index is 5530. The molecule has 4 aliphatic heterocycles. The highest BCUT2D eigenvalue weighted by molar-refractivity contribution is 7.12. The lowest BCUT2D eigenvalue weighted by atomic mass is 9.97. The largest absolute Gasteiger partial charge is 0.496 e. The maximum absolute atomic E-state index is 14.1. The van der Waals surface area contributed by atoms with E-state index >= 15 is 0 Å². The molecule has 8 aromatic rings. The summed E-state index contributed by atoms with van der Waals surface area (Å²) in [6.07, 6.45) is 14.1. The first-order valence-corrected chi connectivity index (χ1v) is 54.7. The highest BCUT2D eigenvalue weighted by Gasteiger charge is 2.43. The average molecular weight is 2000 g/mol. The second kappa shape index (κ2) is 51.1. The van der Waals surface area contributed by atoms with Crippen LogP contribution in [0.1, 0.15) is 150 Å². The van der Waals surface area contributed by atoms with Gasteiger partial charge in [-0.1, -0.05) is 141 Å². The number of anilines is 4. The summed E-state index contributed by atoms with van der Waals surface area (Å²) < 4.78 is 55.2. The van der Waals surface area contributed by atoms with Gasteiger partial charge in [0.25, 0.3) is 23.6 Å². The number of hydrogen-bond donors (Lipinski definition) is 6. The molecule has 4 atom stereocenters. The first-order chi connectivity index (χ1) is 65.7. The molecule has 0 bridgehead atoms. The third-order valence-corrected chi connectivity index (χ3v) is 37.5. The summed E-state index contributed by atoms with van der Waals surface area (Å²) in [5, 5.41) is 38.9. The summed E-state index contributed by atoms with van der Waals surface area (Å²) in [5.41, 5.74) is 10.4. The van der Waals surface area contributed by atoms with Crippen molar-refractivity contribution in [2.75, 3.05) is 129 Å². The van der Waals surface area contributed by atoms with Crippen molar-refractivity contribution in [3.05, 3.63) is 258 Å². The van der Waals surface area contributed by atoms with Gasteiger partial charge in [-0.15, -0.1) is 45.3 Å². The van der Waals surface area contributed by atoms with Gasteiger partial charge in [0, 0.05) is 45.7 Å². The fourth-order valence-electron chi connectivity index (χ4n) is 15.0. The first kappa shape index (κ1) is 110. The molecule has 28 nitrogen and oxygen atoms in total. The molecule has 8 heterocycles. The lowest BCUT2D eigenvalue weighted by Crippen LogP contribution is -2.49. The minimum absolute atomic E-state index is 0.0456. The zero-order chi connectivity index (χ0) is 101. The number of amides is 8. The van der Waals surface area contributed by atoms with Gasteiger partial charge in [0.2, 0.25) is 0 Å². The van der Waals surface area contributed by atoms with Crippen molar-refractivity contribution in [1.82, 2.24) is 19.6 Å². The maximum atomic E-state index is 14.1. The fraction of sp³-hybridized carbons (Fsp3) is 0.385. The lowest BCUT2D eigenvalue weighted by Gasteiger charge is -2.41. The smallest absolute Gasteiger partial charge is 0.411 e. The number of ether oxygens (including phenoxy) is 8. The number of carbonyl (C=O) groups is 8. The topological polar surface area (TPSA) is 330 Å². The number of methoxy groups -OCH3 is 4. The molecular formula is C104H132N8O20S4Si2. The van der Waals surface area contributed by atoms with Gasteiger partial charge in [-0.25, -0.2) is 19.2 Å². The third kappa shape index (κ3) is 29.1. The average Bonchev–Trinajstić information content (AvgIpc) is 1.10. The van der Waals surface area contributed by atoms with Gasteiger partial charge in [0.05, 0.1) is 124 Å². The van der Waals surface area contributed by atoms with Gasteiger partial charge in [-0.3, -0.25) is 40.4 Å². The fourth-order valence-corrected chi connectivity index (χ4v) is 20.2. The van der Waals surface area contributed by atoms with Crippen LogP contribution in [0.2, 0.25) is 36.3 Å². The van der Waals surface area contributed by atoms with Crippen LogP contribution in [0.5, 0.6) is 23.0 Å². The monoisotopic (exact) mass is 2000 g/mol. The van der Waals surface area contributed by atoms with E-state index < -0.39 is 47.0 Å². The minimum atomic E-state index is -2.05. The molecule has 8 amide bonds. The second-order valence-electron chi connectivity index (χ2n) is 36.0. The third-order valence-electron chi connectivity index (χ3n) is 24.7. The van der Waals surface area contributed by atoms with E-state index in [1.807, 2.05) is 96.8 Å². The van der Waals surface area contributed by atoms with Crippen molar-refractivity contribution in [1.29, 1.82) is 0 Å². The Labute approximate surface area is 828 Å². The summed E-state index contributed by atoms with van der Waals surface area (Å²) in [7, 11) is 2.08. The van der Waals surface area contributed by atoms with E-state index in [4.69, 9.17) is 46.7 Å². The predicted octanol–water partition coefficient (Wildman–Crippen LogP) is 22.4. The van der Waals surface area contributed by atoms with E-state index in [-0.39, 0.29) is 103 Å². The predicted molar refractivity (Wildman–Crippen MR) is 559 cm³/mol. The molecular weight excluding hydrogens is 1870 g/mol. The van der Waals surface area contributed by atoms with Gasteiger partial charge >= 0.3 is 24.4 Å². The Balaban J connectivity index is 0.000000207. The Morgan fingerprint density at radius 2 is 0.688 bits per heavy atom. The summed E-state index contributed by atoms with van der Waals surface area (Å²) in [6.45, 7) is 46.2. The number of benzene rings is 4. The van der Waals surface area contributed by atoms with E-state index in [0.717, 1.165) is 49.6 Å². The van der Waals surface area contributed by atoms with Gasteiger partial charge in [-0.2, -0.15) is 0 Å². The van der Waals surface area contributed by atoms with E-state index in [1.165, 1.54) is 59.4 Å². The van der Waals surface area contributed by atoms with E-state index in [1.54, 1.807) is 118 Å². The van der Waals surface area contributed by atoms with E-state index in [2.05, 4.69) is 150 Å². The van der Waals surface area contributed by atoms with Crippen LogP contribution < -0.4 is 40.2 Å². The SMILES string of the molecule is C=CCOC(=O)Nc1cc(C)c(OC)cc1C(=O)N1CC=C(c2cccs2)C[C@H]1CO.C=CCOC(=O)Nc1cc(C)c(OC)cc1C(=O)N1CC=C(c2cccs2)C[C@H]1CO[Si](C)(C)C(C)(C)C.C=CCOC(=O)Nc1cc(C)c(OC)cc1C(=O)N1CCC(c2cccs2)=C[C@H]1CO.C=CCOC(=O)Nc1cc(C)c(OC)cc1C(=O)N1CCC(c2cccs2)=C[C@H]1CO[Si](C)(C)C(C)(C)C. The Kier molecular flexibility index (Phi) is 40.6. The molecule has 0 spiro atoms. The van der Waals surface area contributed by atoms with Crippen LogP contribution in [-0.4, -0.2) is 226 Å². The molecule has 12 rings (SSSR count). The first-order valence-electron chi connectivity index (χ1n) is 45.3. The van der Waals surface area contributed by atoms with Gasteiger partial charge in [0.1, 0.15) is 49.4 Å². The molecule has 0 radical (unpaired) electrons. The van der Waals surface area contributed by atoms with Gasteiger partial charge in [-0.05, 0) is 229 Å². The van der Waals surface area contributed by atoms with Crippen molar-refractivity contribution in [3.63, 3.8) is 0 Å². The number of carbonyl (C=O) groups excluding carboxylic acids is 8. The highest BCUT2D eigenvalue weighted by Crippen LogP contribution is 2.43. The molecule has 740 valence electrons. The number of hydrogen-bond acceptors (Lipinski definition) is 24. The zero-order valence-corrected chi connectivity index (χ0v) is 87.5. The lowest BCUT2D eigenvalue weighted by molar-refractivity contribution is 0.0616. The van der Waals surface area contributed by atoms with Crippen molar-refractivity contribution in [3.8, 4) is 23.0 Å². The number of aliphatic hydroxyl groups excluding tert-OH is 2. The molecule has 6 N–H and O–H groups in total. The molecule has 4 aliphatic rings. The number of aryl methyl sites for hydroxylation is 4. The molecule has 4 aromatic heterocycles. The van der Waals surface area contributed by atoms with Crippen LogP contribution in [0.4, 0.5) is 41.9 Å². The summed E-state index contributed by atoms with van der Waals surface area (Å²) in [6, 6.07) is 28.5. The molecule has 138 heavy (non-hydrogen) atoms. The number of thiophene rings is 4. The van der Waals surface area contributed by atoms with E-state index in [0.29, 0.717) is 116 Å². The molecule has 34 heteroatoms. The molecule has 0 saturated heterocycles. The molecule has 4 aromatic carbocycles. The van der Waals surface area contributed by atoms with Gasteiger partial charge < -0.3 is 76.6 Å². The van der Waals surface area contributed by atoms with Crippen molar-refractivity contribution >= 4 is 155 Å². The van der Waals surface area contributed by atoms with Crippen molar-refractivity contribution < 1.29 is 95.3 Å². The molecule has 0 unspecified atom stereocenters. The number of nitrogens with zero attached hydrogens (tertiary/aromatic N) is 4. The van der Waals surface area contributed by atoms with Crippen molar-refractivity contribution in [2.24, 2.45) is 0 Å². The number of aliphatic hydroxyl groups is 2. The zero-order valence-electron chi connectivity index (χ0n) is 82.3. The van der Waals surface area contributed by atoms with E-state index in [9.17, 15) is 48.6 Å². The molecule has 0 fully saturated rings. The van der Waals surface area contributed by atoms with Crippen molar-refractivity contribution in [2.45, 2.75) is 155 Å². The molecule has 0 saturated carbocycles. The molecule has 0 aliphatic carbocycles. The van der Waals surface area contributed by atoms with Crippen LogP contribution in [0.15, 0.2) is 194 Å². The van der Waals surface area contributed by atoms with Crippen LogP contribution >= 0.6 is 45.3 Å². The standard InChI is InChI=1S/2C29H40N2O5SSi.2C23H26N2O5S/c2*1-9-14-35-28(33)30-24-16-20(2)25(34-6)18-23(24)27(32)31-13-12-21(26-11-10-15-37-26)17-22(31)19-36-38(7,8)29(3,4)5;2*1-4-9-30-23(28)24-19-11-15(2)20(29-3)13-18(19)22(27)25-8-7-16(12-17(25)14-26)21-6-5-10-31-21/h9-11,15-18,22H,1,12-14,19H2,2-8H3,(H,30,33);9-12,15-16,18,22H,1,13-14,17,19H2,2-8H3,(H,30,33);4-6,10-13,17,26H,1,7-9,14H2,2-3H3,(H,24,28);4-7,10-11,13,17,26H,1,8-9,12,14H2,2-3H3,(H,24,28)/t2*22-;2*17-/m0000/s1. The van der Waals surface area contributed by atoms with Gasteiger partial charge in [0.15, 0.2) is 16.6 Å². The second-order valence-corrected chi connectivity index (χ2v) is 49.4. The summed E-state index contributed by atoms with van der Waals surface area (Å²) in [4.78, 5) is 116. The normalized spacial score (nSPS) is 15.9. The highest BCUT2D eigenvalue weighted by atomic mass is 32.1. The quantitative estimate of drug-likeness (QED) is 0.0130. The summed E-state index contributed by atoms with van der Waals surface area (Å²) in [5.74, 6) is 1.18. The Morgan fingerprint density at radius 1 is 0.406 bits per heavy atom. The Morgan fingerprint density at radius 3 is 0.971 bits per heavy atom. The van der Waals surface area contributed by atoms with Crippen LogP contribution in [0.3, 0.4) is 0 Å².